The van der Waals surface area contributed by atoms with Gasteiger partial charge in [0.2, 0.25) is 0 Å². The van der Waals surface area contributed by atoms with Crippen molar-refractivity contribution in [2.45, 2.75) is 13.2 Å². The van der Waals surface area contributed by atoms with Crippen LogP contribution in [0.25, 0.3) is 20.8 Å². The molecule has 0 radical (unpaired) electrons. The van der Waals surface area contributed by atoms with Crippen molar-refractivity contribution in [3.63, 3.8) is 0 Å². The summed E-state index contributed by atoms with van der Waals surface area (Å²) in [6.45, 7) is 0.973. The van der Waals surface area contributed by atoms with E-state index in [0.717, 1.165) is 33.1 Å². The van der Waals surface area contributed by atoms with Crippen molar-refractivity contribution in [1.82, 2.24) is 20.0 Å². The van der Waals surface area contributed by atoms with Crippen molar-refractivity contribution < 1.29 is 4.74 Å². The summed E-state index contributed by atoms with van der Waals surface area (Å²) in [7, 11) is 0. The first-order chi connectivity index (χ1) is 14.7. The summed E-state index contributed by atoms with van der Waals surface area (Å²) in [4.78, 5) is 4.70. The summed E-state index contributed by atoms with van der Waals surface area (Å²) in [5.74, 6) is 0.782. The van der Waals surface area contributed by atoms with Crippen molar-refractivity contribution in [3.05, 3.63) is 95.3 Å². The zero-order chi connectivity index (χ0) is 20.3. The van der Waals surface area contributed by atoms with Crippen molar-refractivity contribution in [1.29, 1.82) is 0 Å². The van der Waals surface area contributed by atoms with E-state index < -0.39 is 0 Å². The Morgan fingerprint density at radius 3 is 2.67 bits per heavy atom. The average Bonchev–Trinajstić information content (AvgIpc) is 3.39. The number of aromatic nitrogens is 4. The molecule has 0 bridgehead atoms. The van der Waals surface area contributed by atoms with Gasteiger partial charge in [-0.1, -0.05) is 41.1 Å². The zero-order valence-corrected chi connectivity index (χ0v) is 17.5. The lowest BCUT2D eigenvalue weighted by Crippen LogP contribution is -2.00. The molecular weight excluding hydrogens is 416 g/mol. The Bertz CT molecular complexity index is 1260. The molecule has 0 aliphatic heterocycles. The molecule has 0 amide bonds. The van der Waals surface area contributed by atoms with Crippen LogP contribution in [-0.4, -0.2) is 20.0 Å². The molecule has 0 saturated carbocycles. The van der Waals surface area contributed by atoms with Crippen LogP contribution >= 0.6 is 22.9 Å². The predicted molar refractivity (Wildman–Crippen MR) is 120 cm³/mol. The predicted octanol–water partition coefficient (Wildman–Crippen LogP) is 5.84. The van der Waals surface area contributed by atoms with E-state index >= 15 is 0 Å². The van der Waals surface area contributed by atoms with Crippen LogP contribution in [-0.2, 0) is 13.2 Å². The first-order valence-electron chi connectivity index (χ1n) is 9.45. The van der Waals surface area contributed by atoms with Crippen molar-refractivity contribution in [2.75, 3.05) is 0 Å². The number of fused-ring (bicyclic) bond motifs is 1. The third-order valence-electron chi connectivity index (χ3n) is 4.60. The average molecular weight is 433 g/mol. The number of hydrogen-bond acceptors (Lipinski definition) is 5. The van der Waals surface area contributed by atoms with E-state index in [1.807, 2.05) is 72.9 Å². The van der Waals surface area contributed by atoms with E-state index in [9.17, 15) is 0 Å². The molecule has 0 saturated heterocycles. The Kier molecular flexibility index (Phi) is 5.17. The Morgan fingerprint density at radius 2 is 1.83 bits per heavy atom. The maximum atomic E-state index is 6.04. The van der Waals surface area contributed by atoms with Gasteiger partial charge in [-0.15, -0.1) is 16.4 Å². The molecule has 0 N–H and O–H groups in total. The zero-order valence-electron chi connectivity index (χ0n) is 15.9. The van der Waals surface area contributed by atoms with Crippen LogP contribution in [0.1, 0.15) is 11.3 Å². The van der Waals surface area contributed by atoms with Gasteiger partial charge in [0, 0.05) is 10.6 Å². The van der Waals surface area contributed by atoms with Crippen LogP contribution in [0.3, 0.4) is 0 Å². The van der Waals surface area contributed by atoms with Gasteiger partial charge in [0.05, 0.1) is 23.0 Å². The third-order valence-corrected chi connectivity index (χ3v) is 5.92. The number of benzene rings is 3. The van der Waals surface area contributed by atoms with Crippen molar-refractivity contribution in [3.8, 4) is 16.3 Å². The highest BCUT2D eigenvalue weighted by Crippen LogP contribution is 2.30. The molecule has 0 unspecified atom stereocenters. The van der Waals surface area contributed by atoms with Gasteiger partial charge in [-0.25, -0.2) is 9.67 Å². The highest BCUT2D eigenvalue weighted by atomic mass is 35.5. The molecule has 3 aromatic carbocycles. The number of halogens is 1. The van der Waals surface area contributed by atoms with E-state index in [1.165, 1.54) is 4.70 Å². The number of para-hydroxylation sites is 1. The molecule has 7 heteroatoms. The van der Waals surface area contributed by atoms with Gasteiger partial charge < -0.3 is 4.74 Å². The summed E-state index contributed by atoms with van der Waals surface area (Å²) in [5.41, 5.74) is 3.95. The molecule has 0 fully saturated rings. The van der Waals surface area contributed by atoms with E-state index in [0.29, 0.717) is 18.2 Å². The van der Waals surface area contributed by atoms with Gasteiger partial charge in [-0.2, -0.15) is 0 Å². The number of hydrogen-bond donors (Lipinski definition) is 0. The number of ether oxygens (including phenoxy) is 1. The summed E-state index contributed by atoms with van der Waals surface area (Å²) in [5, 5.41) is 10.1. The van der Waals surface area contributed by atoms with Crippen LogP contribution in [0.15, 0.2) is 79.0 Å². The fourth-order valence-corrected chi connectivity index (χ4v) is 4.34. The largest absolute Gasteiger partial charge is 0.487 e. The van der Waals surface area contributed by atoms with Crippen LogP contribution in [0.5, 0.6) is 5.75 Å². The molecule has 0 aliphatic carbocycles. The minimum atomic E-state index is 0.357. The molecule has 0 aliphatic rings. The Labute approximate surface area is 182 Å². The molecule has 5 rings (SSSR count). The van der Waals surface area contributed by atoms with E-state index in [4.69, 9.17) is 21.3 Å². The van der Waals surface area contributed by atoms with Crippen LogP contribution in [0.4, 0.5) is 0 Å². The fourth-order valence-electron chi connectivity index (χ4n) is 3.15. The first-order valence-corrected chi connectivity index (χ1v) is 10.6. The topological polar surface area (TPSA) is 52.8 Å². The second-order valence-electron chi connectivity index (χ2n) is 6.84. The minimum absolute atomic E-state index is 0.357. The normalized spacial score (nSPS) is 11.1. The molecule has 0 spiro atoms. The standard InChI is InChI=1S/C23H17ClN4OS/c24-18-5-3-4-16(12-18)13-28-14-19(26-27-28)15-29-20-10-8-17(9-11-20)23-25-21-6-1-2-7-22(21)30-23/h1-12,14H,13,15H2. The van der Waals surface area contributed by atoms with Gasteiger partial charge in [0.25, 0.3) is 0 Å². The van der Waals surface area contributed by atoms with Crippen LogP contribution in [0, 0.1) is 0 Å². The van der Waals surface area contributed by atoms with Gasteiger partial charge in [-0.3, -0.25) is 0 Å². The fraction of sp³-hybridized carbons (Fsp3) is 0.0870. The second-order valence-corrected chi connectivity index (χ2v) is 8.30. The SMILES string of the molecule is Clc1cccc(Cn2cc(COc3ccc(-c4nc5ccccc5s4)cc3)nn2)c1. The van der Waals surface area contributed by atoms with E-state index in [1.54, 1.807) is 16.0 Å². The summed E-state index contributed by atoms with van der Waals surface area (Å²) in [6, 6.07) is 23.9. The van der Waals surface area contributed by atoms with E-state index in [-0.39, 0.29) is 0 Å². The summed E-state index contributed by atoms with van der Waals surface area (Å²) < 4.78 is 8.84. The highest BCUT2D eigenvalue weighted by molar-refractivity contribution is 7.21. The monoisotopic (exact) mass is 432 g/mol. The molecule has 148 valence electrons. The van der Waals surface area contributed by atoms with Gasteiger partial charge in [-0.05, 0) is 54.1 Å². The molecule has 2 heterocycles. The highest BCUT2D eigenvalue weighted by Gasteiger charge is 2.07. The lowest BCUT2D eigenvalue weighted by atomic mass is 10.2. The lowest BCUT2D eigenvalue weighted by Gasteiger charge is -2.04. The molecule has 2 aromatic heterocycles. The maximum Gasteiger partial charge on any atom is 0.134 e. The van der Waals surface area contributed by atoms with Crippen LogP contribution in [0.2, 0.25) is 5.02 Å². The first kappa shape index (κ1) is 18.8. The Morgan fingerprint density at radius 1 is 0.967 bits per heavy atom. The smallest absolute Gasteiger partial charge is 0.134 e. The molecule has 5 aromatic rings. The summed E-state index contributed by atoms with van der Waals surface area (Å²) >= 11 is 7.73. The molecule has 30 heavy (non-hydrogen) atoms. The molecule has 5 nitrogen and oxygen atoms in total. The minimum Gasteiger partial charge on any atom is -0.487 e. The third kappa shape index (κ3) is 4.20. The van der Waals surface area contributed by atoms with E-state index in [2.05, 4.69) is 16.4 Å². The van der Waals surface area contributed by atoms with Crippen LogP contribution < -0.4 is 4.74 Å². The van der Waals surface area contributed by atoms with Crippen molar-refractivity contribution in [2.24, 2.45) is 0 Å². The Balaban J connectivity index is 1.22. The second kappa shape index (κ2) is 8.26. The number of rotatable bonds is 6. The number of thiazole rings is 1. The Hall–Kier alpha value is -3.22. The lowest BCUT2D eigenvalue weighted by molar-refractivity contribution is 0.301. The van der Waals surface area contributed by atoms with Crippen molar-refractivity contribution >= 4 is 33.2 Å². The maximum absolute atomic E-state index is 6.04. The quantitative estimate of drug-likeness (QED) is 0.338. The van der Waals surface area contributed by atoms with Gasteiger partial charge in [0.15, 0.2) is 0 Å². The molecule has 0 atom stereocenters. The van der Waals surface area contributed by atoms with Gasteiger partial charge in [0.1, 0.15) is 23.1 Å². The molecular formula is C23H17ClN4OS. The number of nitrogens with zero attached hydrogens (tertiary/aromatic N) is 4. The van der Waals surface area contributed by atoms with Gasteiger partial charge >= 0.3 is 0 Å². The summed E-state index contributed by atoms with van der Waals surface area (Å²) in [6.07, 6.45) is 1.89.